The Morgan fingerprint density at radius 3 is 1.40 bits per heavy atom. The van der Waals surface area contributed by atoms with Gasteiger partial charge in [-0.05, 0) is 0 Å². The van der Waals surface area contributed by atoms with E-state index in [-0.39, 0.29) is 0 Å². The molecule has 90 valence electrons. The molecule has 0 rings (SSSR count). The maximum atomic E-state index is 12.1. The fourth-order valence-electron chi connectivity index (χ4n) is 0.787. The van der Waals surface area contributed by atoms with Crippen LogP contribution in [0.15, 0.2) is 10.3 Å². The molecule has 1 nitrogen and oxygen atoms in total. The Hall–Kier alpha value is -0.300. The number of halogens is 8. The van der Waals surface area contributed by atoms with Crippen LogP contribution >= 0.6 is 23.2 Å². The van der Waals surface area contributed by atoms with Crippen molar-refractivity contribution in [2.24, 2.45) is 5.92 Å². The van der Waals surface area contributed by atoms with Crippen LogP contribution in [-0.2, 0) is 4.74 Å². The molecule has 0 atom stereocenters. The molecule has 0 fully saturated rings. The molecule has 0 heterocycles. The quantitative estimate of drug-likeness (QED) is 0.547. The third-order valence-corrected chi connectivity index (χ3v) is 1.70. The highest BCUT2D eigenvalue weighted by atomic mass is 35.5. The van der Waals surface area contributed by atoms with Crippen LogP contribution in [-0.4, -0.2) is 19.5 Å². The Morgan fingerprint density at radius 2 is 1.33 bits per heavy atom. The maximum absolute atomic E-state index is 12.1. The maximum Gasteiger partial charge on any atom is 0.407 e. The number of alkyl halides is 6. The number of hydrogen-bond acceptors (Lipinski definition) is 1. The van der Waals surface area contributed by atoms with Crippen molar-refractivity contribution in [1.29, 1.82) is 0 Å². The molecule has 0 aromatic heterocycles. The van der Waals surface area contributed by atoms with Gasteiger partial charge in [0.25, 0.3) is 0 Å². The van der Waals surface area contributed by atoms with Gasteiger partial charge >= 0.3 is 12.4 Å². The average Bonchev–Trinajstić information content (AvgIpc) is 1.93. The molecular formula is C6H4Cl2F6O. The second-order valence-electron chi connectivity index (χ2n) is 2.35. The third-order valence-electron chi connectivity index (χ3n) is 1.32. The molecule has 0 radical (unpaired) electrons. The van der Waals surface area contributed by atoms with Gasteiger partial charge in [0.05, 0.1) is 7.11 Å². The molecule has 0 saturated heterocycles. The molecule has 0 aromatic rings. The van der Waals surface area contributed by atoms with E-state index in [0.717, 1.165) is 0 Å². The van der Waals surface area contributed by atoms with Crippen LogP contribution in [0.1, 0.15) is 0 Å². The van der Waals surface area contributed by atoms with E-state index in [1.165, 1.54) is 0 Å². The van der Waals surface area contributed by atoms with Gasteiger partial charge in [-0.1, -0.05) is 23.2 Å². The number of methoxy groups -OCH3 is 1. The van der Waals surface area contributed by atoms with E-state index in [2.05, 4.69) is 4.74 Å². The zero-order valence-corrected chi connectivity index (χ0v) is 8.52. The van der Waals surface area contributed by atoms with Gasteiger partial charge in [0.15, 0.2) is 0 Å². The minimum Gasteiger partial charge on any atom is -0.498 e. The van der Waals surface area contributed by atoms with E-state index < -0.39 is 28.5 Å². The van der Waals surface area contributed by atoms with Gasteiger partial charge < -0.3 is 4.74 Å². The first-order valence-electron chi connectivity index (χ1n) is 3.24. The largest absolute Gasteiger partial charge is 0.498 e. The summed E-state index contributed by atoms with van der Waals surface area (Å²) < 4.78 is 75.1. The molecule has 0 unspecified atom stereocenters. The normalized spacial score (nSPS) is 12.9. The van der Waals surface area contributed by atoms with Crippen LogP contribution < -0.4 is 0 Å². The molecule has 0 aliphatic heterocycles. The molecule has 0 amide bonds. The Bertz CT molecular complexity index is 237. The van der Waals surface area contributed by atoms with Crippen molar-refractivity contribution in [3.8, 4) is 0 Å². The summed E-state index contributed by atoms with van der Waals surface area (Å²) in [6.07, 6.45) is -11.1. The fourth-order valence-corrected chi connectivity index (χ4v) is 1.16. The molecule has 0 N–H and O–H groups in total. The second-order valence-corrected chi connectivity index (χ2v) is 3.29. The molecule has 15 heavy (non-hydrogen) atoms. The molecule has 0 aromatic carbocycles. The van der Waals surface area contributed by atoms with Crippen molar-refractivity contribution in [2.75, 3.05) is 7.11 Å². The third kappa shape index (κ3) is 3.98. The number of allylic oxidation sites excluding steroid dienone is 1. The van der Waals surface area contributed by atoms with Gasteiger partial charge in [-0.3, -0.25) is 0 Å². The molecular weight excluding hydrogens is 273 g/mol. The summed E-state index contributed by atoms with van der Waals surface area (Å²) in [5, 5.41) is 0. The van der Waals surface area contributed by atoms with Gasteiger partial charge in [-0.25, -0.2) is 0 Å². The predicted molar refractivity (Wildman–Crippen MR) is 41.3 cm³/mol. The second kappa shape index (κ2) is 4.69. The summed E-state index contributed by atoms with van der Waals surface area (Å²) in [6.45, 7) is 0. The lowest BCUT2D eigenvalue weighted by Gasteiger charge is -2.24. The average molecular weight is 277 g/mol. The van der Waals surface area contributed by atoms with Crippen LogP contribution in [0.4, 0.5) is 26.3 Å². The highest BCUT2D eigenvalue weighted by molar-refractivity contribution is 6.56. The topological polar surface area (TPSA) is 9.23 Å². The van der Waals surface area contributed by atoms with Gasteiger partial charge in [-0.2, -0.15) is 26.3 Å². The highest BCUT2D eigenvalue weighted by Gasteiger charge is 2.60. The lowest BCUT2D eigenvalue weighted by atomic mass is 10.1. The molecule has 0 aliphatic rings. The standard InChI is InChI=1S/C6H4Cl2F6O/c1-15-2(4(7)8)3(5(9,10)11)6(12,13)14/h3H,1H3. The highest BCUT2D eigenvalue weighted by Crippen LogP contribution is 2.45. The summed E-state index contributed by atoms with van der Waals surface area (Å²) in [4.78, 5) is 0. The lowest BCUT2D eigenvalue weighted by Crippen LogP contribution is -2.38. The minimum absolute atomic E-state index is 0.616. The SMILES string of the molecule is COC(=C(Cl)Cl)C(C(F)(F)F)C(F)(F)F. The summed E-state index contributed by atoms with van der Waals surface area (Å²) in [5.74, 6) is -5.39. The van der Waals surface area contributed by atoms with Gasteiger partial charge in [0.1, 0.15) is 10.3 Å². The van der Waals surface area contributed by atoms with Crippen LogP contribution in [0, 0.1) is 5.92 Å². The van der Waals surface area contributed by atoms with Crippen LogP contribution in [0.5, 0.6) is 0 Å². The van der Waals surface area contributed by atoms with E-state index in [1.807, 2.05) is 0 Å². The van der Waals surface area contributed by atoms with Crippen molar-refractivity contribution in [3.05, 3.63) is 10.3 Å². The van der Waals surface area contributed by atoms with Crippen molar-refractivity contribution < 1.29 is 31.1 Å². The number of ether oxygens (including phenoxy) is 1. The van der Waals surface area contributed by atoms with Crippen molar-refractivity contribution in [2.45, 2.75) is 12.4 Å². The lowest BCUT2D eigenvalue weighted by molar-refractivity contribution is -0.279. The van der Waals surface area contributed by atoms with Crippen molar-refractivity contribution in [1.82, 2.24) is 0 Å². The summed E-state index contributed by atoms with van der Waals surface area (Å²) in [7, 11) is 0.616. The first-order valence-corrected chi connectivity index (χ1v) is 4.00. The van der Waals surface area contributed by atoms with Crippen LogP contribution in [0.2, 0.25) is 0 Å². The van der Waals surface area contributed by atoms with Gasteiger partial charge in [-0.15, -0.1) is 0 Å². The van der Waals surface area contributed by atoms with Crippen molar-refractivity contribution in [3.63, 3.8) is 0 Å². The van der Waals surface area contributed by atoms with E-state index in [1.54, 1.807) is 0 Å². The fraction of sp³-hybridized carbons (Fsp3) is 0.667. The van der Waals surface area contributed by atoms with E-state index in [9.17, 15) is 26.3 Å². The summed E-state index contributed by atoms with van der Waals surface area (Å²) >= 11 is 9.74. The van der Waals surface area contributed by atoms with E-state index in [4.69, 9.17) is 23.2 Å². The monoisotopic (exact) mass is 276 g/mol. The van der Waals surface area contributed by atoms with E-state index in [0.29, 0.717) is 7.11 Å². The number of rotatable bonds is 2. The molecule has 0 spiro atoms. The Morgan fingerprint density at radius 1 is 1.00 bits per heavy atom. The van der Waals surface area contributed by atoms with Crippen LogP contribution in [0.3, 0.4) is 0 Å². The molecule has 0 saturated carbocycles. The summed E-state index contributed by atoms with van der Waals surface area (Å²) in [6, 6.07) is 0. The molecule has 9 heteroatoms. The zero-order chi connectivity index (χ0) is 12.4. The first-order chi connectivity index (χ1) is 6.51. The van der Waals surface area contributed by atoms with Gasteiger partial charge in [0, 0.05) is 0 Å². The van der Waals surface area contributed by atoms with Gasteiger partial charge in [0.2, 0.25) is 5.92 Å². The zero-order valence-electron chi connectivity index (χ0n) is 7.01. The Balaban J connectivity index is 5.42. The first kappa shape index (κ1) is 14.7. The molecule has 0 aliphatic carbocycles. The number of hydrogen-bond donors (Lipinski definition) is 0. The van der Waals surface area contributed by atoms with E-state index >= 15 is 0 Å². The van der Waals surface area contributed by atoms with Crippen molar-refractivity contribution >= 4 is 23.2 Å². The molecule has 0 bridgehead atoms. The van der Waals surface area contributed by atoms with Crippen LogP contribution in [0.25, 0.3) is 0 Å². The summed E-state index contributed by atoms with van der Waals surface area (Å²) in [5.41, 5.74) is 0. The smallest absolute Gasteiger partial charge is 0.407 e. The Kier molecular flexibility index (Phi) is 4.60. The minimum atomic E-state index is -5.57. The predicted octanol–water partition coefficient (Wildman–Crippen LogP) is 4.02. The Labute approximate surface area is 90.6 Å².